The highest BCUT2D eigenvalue weighted by atomic mass is 31.2. The van der Waals surface area contributed by atoms with Gasteiger partial charge >= 0.3 is 33.6 Å². The first-order valence-corrected chi connectivity index (χ1v) is 31.6. The normalized spacial score (nSPS) is 15.0. The molecule has 0 aromatic carbocycles. The Bertz CT molecular complexity index is 1630. The molecule has 0 amide bonds. The van der Waals surface area contributed by atoms with Gasteiger partial charge in [0.1, 0.15) is 25.4 Å². The van der Waals surface area contributed by atoms with Crippen LogP contribution in [0.5, 0.6) is 0 Å². The highest BCUT2D eigenvalue weighted by Crippen LogP contribution is 2.45. The SMILES string of the molecule is CC/C=C\C/C=C\C/C=C\C/C=C\CCCCCCC(=O)OCC(O)COP(=O)(O)OCC(O)COP(=O)(O)OCC(COC(=O)CCCCCCC/C=C\CCCC)OC(=O)CCCCCCCCCCCCC. The minimum atomic E-state index is -4.91. The van der Waals surface area contributed by atoms with E-state index in [-0.39, 0.29) is 19.3 Å². The van der Waals surface area contributed by atoms with Crippen molar-refractivity contribution in [2.24, 2.45) is 0 Å². The van der Waals surface area contributed by atoms with E-state index in [2.05, 4.69) is 81.5 Å². The van der Waals surface area contributed by atoms with Gasteiger partial charge in [-0.25, -0.2) is 9.13 Å². The maximum Gasteiger partial charge on any atom is 0.472 e. The lowest BCUT2D eigenvalue weighted by atomic mass is 10.1. The molecule has 0 aliphatic heterocycles. The predicted molar refractivity (Wildman–Crippen MR) is 298 cm³/mol. The molecule has 0 radical (unpaired) electrons. The Hall–Kier alpha value is -2.75. The van der Waals surface area contributed by atoms with Crippen molar-refractivity contribution in [3.63, 3.8) is 0 Å². The molecule has 0 saturated carbocycles. The Labute approximate surface area is 452 Å². The minimum Gasteiger partial charge on any atom is -0.463 e. The van der Waals surface area contributed by atoms with Crippen molar-refractivity contribution in [1.29, 1.82) is 0 Å². The van der Waals surface area contributed by atoms with Gasteiger partial charge in [0.15, 0.2) is 6.10 Å². The summed E-state index contributed by atoms with van der Waals surface area (Å²) < 4.78 is 60.4. The molecule has 5 atom stereocenters. The number of hydrogen-bond donors (Lipinski definition) is 4. The molecule has 436 valence electrons. The fraction of sp³-hybridized carbons (Fsp3) is 0.772. The van der Waals surface area contributed by atoms with Crippen molar-refractivity contribution < 1.29 is 75.8 Å². The molecule has 0 aliphatic carbocycles. The zero-order chi connectivity index (χ0) is 55.4. The summed E-state index contributed by atoms with van der Waals surface area (Å²) in [6.45, 7) is 2.44. The van der Waals surface area contributed by atoms with Gasteiger partial charge < -0.3 is 34.2 Å². The lowest BCUT2D eigenvalue weighted by molar-refractivity contribution is -0.161. The molecule has 0 saturated heterocycles. The standard InChI is InChI=1S/C57H102O16P2/c1-4-7-10-13-16-19-22-23-24-25-26-27-30-32-34-37-40-43-55(60)67-46-52(58)47-69-74(63,64)70-48-53(59)49-71-75(65,66)72-51-54(73-57(62)45-42-39-36-33-29-21-18-15-12-9-6-3)50-68-56(61)44-41-38-35-31-28-20-17-14-11-8-5-2/h7,10,14,16-17,19,23-24,26-27,52-54,58-59H,4-6,8-9,11-13,15,18,20-22,25,28-51H2,1-3H3,(H,63,64)(H,65,66)/b10-7-,17-14-,19-16-,24-23-,27-26-. The molecular weight excluding hydrogens is 1000 g/mol. The molecule has 0 heterocycles. The number of carbonyl (C=O) groups excluding carboxylic acids is 3. The van der Waals surface area contributed by atoms with E-state index in [0.717, 1.165) is 116 Å². The smallest absolute Gasteiger partial charge is 0.463 e. The second kappa shape index (κ2) is 52.0. The number of unbranched alkanes of at least 4 members (excludes halogenated alkanes) is 21. The van der Waals surface area contributed by atoms with Gasteiger partial charge in [0, 0.05) is 19.3 Å². The van der Waals surface area contributed by atoms with Crippen LogP contribution in [0.15, 0.2) is 60.8 Å². The fourth-order valence-electron chi connectivity index (χ4n) is 7.30. The summed E-state index contributed by atoms with van der Waals surface area (Å²) in [6.07, 6.45) is 47.4. The Morgan fingerprint density at radius 1 is 0.387 bits per heavy atom. The van der Waals surface area contributed by atoms with Crippen molar-refractivity contribution in [2.75, 3.05) is 39.6 Å². The molecule has 0 aliphatic rings. The van der Waals surface area contributed by atoms with Crippen LogP contribution in [-0.4, -0.2) is 95.9 Å². The van der Waals surface area contributed by atoms with Crippen molar-refractivity contribution in [2.45, 2.75) is 245 Å². The molecule has 0 aromatic rings. The molecule has 5 unspecified atom stereocenters. The van der Waals surface area contributed by atoms with E-state index >= 15 is 0 Å². The third-order valence-electron chi connectivity index (χ3n) is 11.7. The van der Waals surface area contributed by atoms with E-state index in [0.29, 0.717) is 19.3 Å². The number of aliphatic hydroxyl groups excluding tert-OH is 2. The van der Waals surface area contributed by atoms with Crippen molar-refractivity contribution >= 4 is 33.6 Å². The van der Waals surface area contributed by atoms with Crippen LogP contribution >= 0.6 is 15.6 Å². The van der Waals surface area contributed by atoms with Crippen LogP contribution in [0.25, 0.3) is 0 Å². The molecule has 4 N–H and O–H groups in total. The molecule has 0 aromatic heterocycles. The van der Waals surface area contributed by atoms with Gasteiger partial charge in [-0.2, -0.15) is 0 Å². The molecule has 75 heavy (non-hydrogen) atoms. The zero-order valence-corrected chi connectivity index (χ0v) is 48.2. The number of hydrogen-bond acceptors (Lipinski definition) is 14. The van der Waals surface area contributed by atoms with Gasteiger partial charge in [0.25, 0.3) is 0 Å². The summed E-state index contributed by atoms with van der Waals surface area (Å²) >= 11 is 0. The zero-order valence-electron chi connectivity index (χ0n) is 46.5. The number of rotatable bonds is 54. The molecule has 0 fully saturated rings. The van der Waals surface area contributed by atoms with Crippen molar-refractivity contribution in [1.82, 2.24) is 0 Å². The first-order chi connectivity index (χ1) is 36.2. The number of esters is 3. The van der Waals surface area contributed by atoms with E-state index in [1.54, 1.807) is 0 Å². The number of ether oxygens (including phenoxy) is 3. The first-order valence-electron chi connectivity index (χ1n) is 28.6. The monoisotopic (exact) mass is 1100 g/mol. The molecule has 0 spiro atoms. The Morgan fingerprint density at radius 2 is 0.720 bits per heavy atom. The van der Waals surface area contributed by atoms with E-state index < -0.39 is 91.5 Å². The van der Waals surface area contributed by atoms with Crippen LogP contribution < -0.4 is 0 Å². The maximum atomic E-state index is 12.8. The first kappa shape index (κ1) is 72.2. The summed E-state index contributed by atoms with van der Waals surface area (Å²) in [5, 5.41) is 20.4. The molecular formula is C57H102O16P2. The van der Waals surface area contributed by atoms with Crippen molar-refractivity contribution in [3.05, 3.63) is 60.8 Å². The third kappa shape index (κ3) is 53.1. The van der Waals surface area contributed by atoms with Crippen LogP contribution in [0.3, 0.4) is 0 Å². The average Bonchev–Trinajstić information content (AvgIpc) is 3.38. The Morgan fingerprint density at radius 3 is 1.17 bits per heavy atom. The second-order valence-electron chi connectivity index (χ2n) is 19.1. The lowest BCUT2D eigenvalue weighted by Gasteiger charge is -2.21. The third-order valence-corrected chi connectivity index (χ3v) is 13.6. The largest absolute Gasteiger partial charge is 0.472 e. The molecule has 16 nitrogen and oxygen atoms in total. The maximum absolute atomic E-state index is 12.8. The van der Waals surface area contributed by atoms with E-state index in [1.165, 1.54) is 51.4 Å². The minimum absolute atomic E-state index is 0.107. The van der Waals surface area contributed by atoms with E-state index in [9.17, 15) is 43.5 Å². The summed E-state index contributed by atoms with van der Waals surface area (Å²) in [5.41, 5.74) is 0. The van der Waals surface area contributed by atoms with Crippen LogP contribution in [0.4, 0.5) is 0 Å². The Kier molecular flexibility index (Phi) is 50.1. The fourth-order valence-corrected chi connectivity index (χ4v) is 8.89. The van der Waals surface area contributed by atoms with E-state index in [1.807, 2.05) is 0 Å². The summed E-state index contributed by atoms with van der Waals surface area (Å²) in [6, 6.07) is 0. The average molecular weight is 1110 g/mol. The van der Waals surface area contributed by atoms with Crippen LogP contribution in [0.1, 0.15) is 226 Å². The van der Waals surface area contributed by atoms with Crippen molar-refractivity contribution in [3.8, 4) is 0 Å². The second-order valence-corrected chi connectivity index (χ2v) is 22.0. The topological polar surface area (TPSA) is 231 Å². The van der Waals surface area contributed by atoms with E-state index in [4.69, 9.17) is 32.3 Å². The summed E-state index contributed by atoms with van der Waals surface area (Å²) in [4.78, 5) is 57.9. The predicted octanol–water partition coefficient (Wildman–Crippen LogP) is 14.3. The number of carbonyl (C=O) groups is 3. The van der Waals surface area contributed by atoms with Gasteiger partial charge in [0.05, 0.1) is 26.4 Å². The number of phosphoric acid groups is 2. The van der Waals surface area contributed by atoms with Crippen LogP contribution in [-0.2, 0) is 55.8 Å². The quantitative estimate of drug-likeness (QED) is 0.0146. The lowest BCUT2D eigenvalue weighted by Crippen LogP contribution is -2.30. The summed E-state index contributed by atoms with van der Waals surface area (Å²) in [7, 11) is -9.75. The number of aliphatic hydroxyl groups is 2. The highest BCUT2D eigenvalue weighted by Gasteiger charge is 2.29. The highest BCUT2D eigenvalue weighted by molar-refractivity contribution is 7.47. The Balaban J connectivity index is 4.63. The van der Waals surface area contributed by atoms with Gasteiger partial charge in [-0.15, -0.1) is 0 Å². The molecule has 0 rings (SSSR count). The number of phosphoric ester groups is 2. The molecule has 0 bridgehead atoms. The van der Waals surface area contributed by atoms with Gasteiger partial charge in [-0.3, -0.25) is 32.5 Å². The van der Waals surface area contributed by atoms with Gasteiger partial charge in [-0.05, 0) is 77.0 Å². The van der Waals surface area contributed by atoms with Gasteiger partial charge in [0.2, 0.25) is 0 Å². The molecule has 18 heteroatoms. The van der Waals surface area contributed by atoms with Gasteiger partial charge in [-0.1, -0.05) is 191 Å². The summed E-state index contributed by atoms with van der Waals surface area (Å²) in [5.74, 6) is -1.61. The van der Waals surface area contributed by atoms with Crippen LogP contribution in [0, 0.1) is 0 Å². The van der Waals surface area contributed by atoms with Crippen LogP contribution in [0.2, 0.25) is 0 Å². The number of allylic oxidation sites excluding steroid dienone is 10.